The first-order valence-electron chi connectivity index (χ1n) is 2.58. The number of aromatic nitrogens is 2. The van der Waals surface area contributed by atoms with Crippen LogP contribution in [0.15, 0.2) is 23.7 Å². The molecule has 0 aliphatic rings. The molecule has 0 fully saturated rings. The largest absolute Gasteiger partial charge is 0.409 e. The Balaban J connectivity index is 2.96. The Morgan fingerprint density at radius 1 is 1.70 bits per heavy atom. The molecule has 1 aromatic heterocycles. The van der Waals surface area contributed by atoms with Gasteiger partial charge in [-0.3, -0.25) is 0 Å². The summed E-state index contributed by atoms with van der Waals surface area (Å²) in [5, 5.41) is 11.0. The summed E-state index contributed by atoms with van der Waals surface area (Å²) in [6.45, 7) is 0. The van der Waals surface area contributed by atoms with Crippen molar-refractivity contribution < 1.29 is 5.21 Å². The first-order chi connectivity index (χ1) is 4.84. The minimum atomic E-state index is -0.0117. The zero-order chi connectivity index (χ0) is 7.40. The maximum atomic E-state index is 8.19. The molecule has 10 heavy (non-hydrogen) atoms. The second-order valence-electron chi connectivity index (χ2n) is 1.58. The summed E-state index contributed by atoms with van der Waals surface area (Å²) in [5.41, 5.74) is 5.62. The maximum absolute atomic E-state index is 8.19. The minimum absolute atomic E-state index is 0.0117. The number of nitrogens with two attached hydrogens (primary N) is 1. The van der Waals surface area contributed by atoms with Gasteiger partial charge in [0.05, 0.1) is 0 Å². The Morgan fingerprint density at radius 2 is 2.50 bits per heavy atom. The third-order valence-electron chi connectivity index (χ3n) is 0.952. The standard InChI is InChI=1S/C5H6N4O/c6-5(9-10)4-1-2-7-3-8-4/h1-3,10H,(H2,6,9). The zero-order valence-corrected chi connectivity index (χ0v) is 5.10. The third-order valence-corrected chi connectivity index (χ3v) is 0.952. The molecule has 0 aromatic carbocycles. The van der Waals surface area contributed by atoms with Crippen LogP contribution in [0.5, 0.6) is 0 Å². The molecule has 0 aliphatic carbocycles. The molecule has 0 saturated carbocycles. The molecule has 0 amide bonds. The van der Waals surface area contributed by atoms with Crippen LogP contribution in [0.3, 0.4) is 0 Å². The van der Waals surface area contributed by atoms with Crippen molar-refractivity contribution >= 4 is 5.84 Å². The average Bonchev–Trinajstić information content (AvgIpc) is 2.05. The Labute approximate surface area is 57.2 Å². The molecule has 1 aromatic rings. The van der Waals surface area contributed by atoms with Crippen molar-refractivity contribution in [1.29, 1.82) is 0 Å². The van der Waals surface area contributed by atoms with Crippen LogP contribution in [0, 0.1) is 0 Å². The normalized spacial score (nSPS) is 11.4. The van der Waals surface area contributed by atoms with Crippen LogP contribution in [0.4, 0.5) is 0 Å². The lowest BCUT2D eigenvalue weighted by molar-refractivity contribution is 0.318. The number of rotatable bonds is 1. The molecular weight excluding hydrogens is 132 g/mol. The minimum Gasteiger partial charge on any atom is -0.409 e. The van der Waals surface area contributed by atoms with Crippen LogP contribution in [-0.4, -0.2) is 21.0 Å². The van der Waals surface area contributed by atoms with E-state index in [-0.39, 0.29) is 5.84 Å². The molecule has 0 aliphatic heterocycles. The second kappa shape index (κ2) is 2.77. The molecule has 0 unspecified atom stereocenters. The smallest absolute Gasteiger partial charge is 0.188 e. The summed E-state index contributed by atoms with van der Waals surface area (Å²) in [7, 11) is 0. The molecule has 1 rings (SSSR count). The molecule has 0 spiro atoms. The molecule has 0 atom stereocenters. The number of amidine groups is 1. The molecule has 0 saturated heterocycles. The average molecular weight is 138 g/mol. The van der Waals surface area contributed by atoms with E-state index in [1.165, 1.54) is 12.5 Å². The van der Waals surface area contributed by atoms with E-state index in [0.29, 0.717) is 5.69 Å². The van der Waals surface area contributed by atoms with Gasteiger partial charge in [-0.05, 0) is 6.07 Å². The second-order valence-corrected chi connectivity index (χ2v) is 1.58. The topological polar surface area (TPSA) is 84.4 Å². The third kappa shape index (κ3) is 1.19. The van der Waals surface area contributed by atoms with Gasteiger partial charge in [0.1, 0.15) is 12.0 Å². The lowest BCUT2D eigenvalue weighted by atomic mass is 10.4. The van der Waals surface area contributed by atoms with Crippen LogP contribution >= 0.6 is 0 Å². The Kier molecular flexibility index (Phi) is 1.79. The van der Waals surface area contributed by atoms with Crippen LogP contribution in [0.25, 0.3) is 0 Å². The summed E-state index contributed by atoms with van der Waals surface area (Å²) in [6.07, 6.45) is 2.84. The highest BCUT2D eigenvalue weighted by Crippen LogP contribution is 1.88. The van der Waals surface area contributed by atoms with Gasteiger partial charge >= 0.3 is 0 Å². The van der Waals surface area contributed by atoms with Gasteiger partial charge in [0.15, 0.2) is 5.84 Å². The molecule has 5 heteroatoms. The highest BCUT2D eigenvalue weighted by atomic mass is 16.4. The van der Waals surface area contributed by atoms with E-state index in [1.54, 1.807) is 6.07 Å². The fourth-order valence-corrected chi connectivity index (χ4v) is 0.493. The van der Waals surface area contributed by atoms with Gasteiger partial charge in [0.25, 0.3) is 0 Å². The van der Waals surface area contributed by atoms with Crippen LogP contribution < -0.4 is 5.73 Å². The molecule has 52 valence electrons. The van der Waals surface area contributed by atoms with E-state index in [0.717, 1.165) is 0 Å². The molecule has 0 bridgehead atoms. The van der Waals surface area contributed by atoms with Crippen molar-refractivity contribution in [3.8, 4) is 0 Å². The van der Waals surface area contributed by atoms with Gasteiger partial charge in [-0.1, -0.05) is 5.16 Å². The van der Waals surface area contributed by atoms with Crippen molar-refractivity contribution in [2.75, 3.05) is 0 Å². The van der Waals surface area contributed by atoms with Gasteiger partial charge in [-0.25, -0.2) is 9.97 Å². The maximum Gasteiger partial charge on any atom is 0.188 e. The predicted molar refractivity (Wildman–Crippen MR) is 34.5 cm³/mol. The fourth-order valence-electron chi connectivity index (χ4n) is 0.493. The fraction of sp³-hybridized carbons (Fsp3) is 0. The van der Waals surface area contributed by atoms with Crippen molar-refractivity contribution in [3.05, 3.63) is 24.3 Å². The van der Waals surface area contributed by atoms with Gasteiger partial charge in [-0.2, -0.15) is 0 Å². The molecule has 3 N–H and O–H groups in total. The van der Waals surface area contributed by atoms with Crippen LogP contribution in [-0.2, 0) is 0 Å². The highest BCUT2D eigenvalue weighted by molar-refractivity contribution is 5.94. The summed E-state index contributed by atoms with van der Waals surface area (Å²) in [4.78, 5) is 7.38. The van der Waals surface area contributed by atoms with E-state index >= 15 is 0 Å². The first-order valence-corrected chi connectivity index (χ1v) is 2.58. The van der Waals surface area contributed by atoms with Gasteiger partial charge in [-0.15, -0.1) is 0 Å². The van der Waals surface area contributed by atoms with Crippen molar-refractivity contribution in [3.63, 3.8) is 0 Å². The van der Waals surface area contributed by atoms with Crippen molar-refractivity contribution in [2.45, 2.75) is 0 Å². The van der Waals surface area contributed by atoms with E-state index < -0.39 is 0 Å². The molecular formula is C5H6N4O. The SMILES string of the molecule is N/C(=N\O)c1ccncn1. The van der Waals surface area contributed by atoms with E-state index in [9.17, 15) is 0 Å². The van der Waals surface area contributed by atoms with Gasteiger partial charge < -0.3 is 10.9 Å². The first kappa shape index (κ1) is 6.47. The highest BCUT2D eigenvalue weighted by Gasteiger charge is 1.96. The number of hydrogen-bond donors (Lipinski definition) is 2. The lowest BCUT2D eigenvalue weighted by Crippen LogP contribution is -2.14. The van der Waals surface area contributed by atoms with Crippen LogP contribution in [0.1, 0.15) is 5.69 Å². The van der Waals surface area contributed by atoms with Crippen molar-refractivity contribution in [1.82, 2.24) is 9.97 Å². The summed E-state index contributed by atoms with van der Waals surface area (Å²) >= 11 is 0. The quantitative estimate of drug-likeness (QED) is 0.239. The summed E-state index contributed by atoms with van der Waals surface area (Å²) in [5.74, 6) is -0.0117. The van der Waals surface area contributed by atoms with Gasteiger partial charge in [0.2, 0.25) is 0 Å². The predicted octanol–water partition coefficient (Wildman–Crippen LogP) is -0.429. The zero-order valence-electron chi connectivity index (χ0n) is 5.10. The Bertz CT molecular complexity index is 233. The lowest BCUT2D eigenvalue weighted by Gasteiger charge is -1.92. The molecule has 0 radical (unpaired) electrons. The van der Waals surface area contributed by atoms with Crippen molar-refractivity contribution in [2.24, 2.45) is 10.9 Å². The Hall–Kier alpha value is -1.65. The number of oxime groups is 1. The van der Waals surface area contributed by atoms with Crippen LogP contribution in [0.2, 0.25) is 0 Å². The van der Waals surface area contributed by atoms with E-state index in [2.05, 4.69) is 15.1 Å². The molecule has 1 heterocycles. The molecule has 5 nitrogen and oxygen atoms in total. The number of hydrogen-bond acceptors (Lipinski definition) is 4. The summed E-state index contributed by atoms with van der Waals surface area (Å²) in [6, 6.07) is 1.55. The summed E-state index contributed by atoms with van der Waals surface area (Å²) < 4.78 is 0. The number of nitrogens with zero attached hydrogens (tertiary/aromatic N) is 3. The monoisotopic (exact) mass is 138 g/mol. The Morgan fingerprint density at radius 3 is 3.00 bits per heavy atom. The van der Waals surface area contributed by atoms with E-state index in [4.69, 9.17) is 10.9 Å². The van der Waals surface area contributed by atoms with E-state index in [1.807, 2.05) is 0 Å². The van der Waals surface area contributed by atoms with Gasteiger partial charge in [0, 0.05) is 6.20 Å².